The third kappa shape index (κ3) is 1.97. The molecule has 0 aromatic carbocycles. The molecular weight excluding hydrogens is 220 g/mol. The standard InChI is InChI=1S/C8H12N2O2S2/c11-3-6-4-13-2-1-10(6)8-9-7(12)5-14-8/h5-6,11-12H,1-4H2. The van der Waals surface area contributed by atoms with Gasteiger partial charge in [0.1, 0.15) is 0 Å². The summed E-state index contributed by atoms with van der Waals surface area (Å²) in [5.74, 6) is 2.05. The lowest BCUT2D eigenvalue weighted by Gasteiger charge is -2.33. The van der Waals surface area contributed by atoms with Crippen molar-refractivity contribution in [3.05, 3.63) is 5.38 Å². The first-order valence-corrected chi connectivity index (χ1v) is 6.44. The van der Waals surface area contributed by atoms with Gasteiger partial charge >= 0.3 is 0 Å². The second-order valence-electron chi connectivity index (χ2n) is 3.09. The Kier molecular flexibility index (Phi) is 3.15. The summed E-state index contributed by atoms with van der Waals surface area (Å²) in [6.07, 6.45) is 0. The minimum absolute atomic E-state index is 0.0694. The van der Waals surface area contributed by atoms with Crippen LogP contribution >= 0.6 is 23.1 Å². The maximum absolute atomic E-state index is 9.19. The number of hydrogen-bond acceptors (Lipinski definition) is 6. The summed E-state index contributed by atoms with van der Waals surface area (Å²) < 4.78 is 0. The van der Waals surface area contributed by atoms with Crippen molar-refractivity contribution in [2.75, 3.05) is 29.6 Å². The second kappa shape index (κ2) is 4.37. The minimum atomic E-state index is 0.0694. The van der Waals surface area contributed by atoms with Crippen molar-refractivity contribution in [1.29, 1.82) is 0 Å². The maximum Gasteiger partial charge on any atom is 0.223 e. The number of hydrogen-bond donors (Lipinski definition) is 2. The number of thiazole rings is 1. The van der Waals surface area contributed by atoms with Crippen molar-refractivity contribution in [3.63, 3.8) is 0 Å². The van der Waals surface area contributed by atoms with Gasteiger partial charge in [0.2, 0.25) is 5.88 Å². The van der Waals surface area contributed by atoms with Gasteiger partial charge in [0.25, 0.3) is 0 Å². The van der Waals surface area contributed by atoms with Crippen molar-refractivity contribution in [1.82, 2.24) is 4.98 Å². The van der Waals surface area contributed by atoms with Crippen LogP contribution in [-0.4, -0.2) is 45.9 Å². The van der Waals surface area contributed by atoms with Gasteiger partial charge in [-0.2, -0.15) is 16.7 Å². The summed E-state index contributed by atoms with van der Waals surface area (Å²) >= 11 is 3.27. The molecule has 1 aromatic heterocycles. The maximum atomic E-state index is 9.19. The van der Waals surface area contributed by atoms with Gasteiger partial charge in [-0.3, -0.25) is 0 Å². The van der Waals surface area contributed by atoms with Crippen molar-refractivity contribution in [2.24, 2.45) is 0 Å². The molecule has 2 heterocycles. The Labute approximate surface area is 90.6 Å². The smallest absolute Gasteiger partial charge is 0.223 e. The minimum Gasteiger partial charge on any atom is -0.493 e. The molecule has 0 radical (unpaired) electrons. The summed E-state index contributed by atoms with van der Waals surface area (Å²) in [4.78, 5) is 6.08. The van der Waals surface area contributed by atoms with E-state index in [1.807, 2.05) is 11.8 Å². The number of aromatic hydroxyl groups is 1. The van der Waals surface area contributed by atoms with Crippen LogP contribution in [-0.2, 0) is 0 Å². The Hall–Kier alpha value is -0.460. The number of anilines is 1. The molecule has 14 heavy (non-hydrogen) atoms. The molecule has 0 spiro atoms. The van der Waals surface area contributed by atoms with Gasteiger partial charge in [0.15, 0.2) is 5.13 Å². The van der Waals surface area contributed by atoms with Crippen LogP contribution in [0, 0.1) is 0 Å². The summed E-state index contributed by atoms with van der Waals surface area (Å²) in [5.41, 5.74) is 0. The Bertz CT molecular complexity index is 305. The number of aromatic nitrogens is 1. The van der Waals surface area contributed by atoms with Crippen LogP contribution < -0.4 is 4.90 Å². The number of aliphatic hydroxyl groups is 1. The van der Waals surface area contributed by atoms with E-state index in [-0.39, 0.29) is 18.5 Å². The van der Waals surface area contributed by atoms with Gasteiger partial charge < -0.3 is 15.1 Å². The van der Waals surface area contributed by atoms with E-state index < -0.39 is 0 Å². The molecule has 1 aromatic rings. The van der Waals surface area contributed by atoms with Gasteiger partial charge in [-0.05, 0) is 0 Å². The predicted octanol–water partition coefficient (Wildman–Crippen LogP) is 0.763. The summed E-state index contributed by atoms with van der Waals surface area (Å²) in [7, 11) is 0. The van der Waals surface area contributed by atoms with Crippen LogP contribution in [0.25, 0.3) is 0 Å². The first kappa shape index (κ1) is 10.1. The fourth-order valence-electron chi connectivity index (χ4n) is 1.45. The Morgan fingerprint density at radius 1 is 1.64 bits per heavy atom. The quantitative estimate of drug-likeness (QED) is 0.788. The van der Waals surface area contributed by atoms with E-state index in [1.165, 1.54) is 11.3 Å². The molecule has 1 saturated heterocycles. The number of rotatable bonds is 2. The van der Waals surface area contributed by atoms with Crippen molar-refractivity contribution in [3.8, 4) is 5.88 Å². The second-order valence-corrected chi connectivity index (χ2v) is 5.08. The third-order valence-corrected chi connectivity index (χ3v) is 4.12. The average Bonchev–Trinajstić information content (AvgIpc) is 2.65. The molecule has 6 heteroatoms. The molecule has 1 atom stereocenters. The molecule has 2 N–H and O–H groups in total. The van der Waals surface area contributed by atoms with Crippen LogP contribution in [0.3, 0.4) is 0 Å². The molecule has 1 aliphatic rings. The fourth-order valence-corrected chi connectivity index (χ4v) is 3.28. The van der Waals surface area contributed by atoms with Crippen LogP contribution in [0.1, 0.15) is 0 Å². The third-order valence-electron chi connectivity index (χ3n) is 2.16. The van der Waals surface area contributed by atoms with E-state index in [1.54, 1.807) is 5.38 Å². The molecular formula is C8H12N2O2S2. The first-order valence-electron chi connectivity index (χ1n) is 4.41. The molecule has 78 valence electrons. The number of aliphatic hydroxyl groups excluding tert-OH is 1. The zero-order chi connectivity index (χ0) is 9.97. The lowest BCUT2D eigenvalue weighted by molar-refractivity contribution is 0.268. The SMILES string of the molecule is OCC1CSCCN1c1nc(O)cs1. The van der Waals surface area contributed by atoms with Gasteiger partial charge in [0.05, 0.1) is 18.0 Å². The Morgan fingerprint density at radius 3 is 3.14 bits per heavy atom. The molecule has 1 unspecified atom stereocenters. The number of nitrogens with zero attached hydrogens (tertiary/aromatic N) is 2. The van der Waals surface area contributed by atoms with Gasteiger partial charge in [-0.15, -0.1) is 11.3 Å². The lowest BCUT2D eigenvalue weighted by Crippen LogP contribution is -2.44. The molecule has 1 aliphatic heterocycles. The van der Waals surface area contributed by atoms with Crippen molar-refractivity contribution < 1.29 is 10.2 Å². The summed E-state index contributed by atoms with van der Waals surface area (Å²) in [6, 6.07) is 0.138. The van der Waals surface area contributed by atoms with Crippen molar-refractivity contribution >= 4 is 28.2 Å². The van der Waals surface area contributed by atoms with Crippen LogP contribution in [0.4, 0.5) is 5.13 Å². The van der Waals surface area contributed by atoms with E-state index in [0.717, 1.165) is 23.2 Å². The fraction of sp³-hybridized carbons (Fsp3) is 0.625. The summed E-state index contributed by atoms with van der Waals surface area (Å²) in [5, 5.41) is 20.8. The highest BCUT2D eigenvalue weighted by molar-refractivity contribution is 7.99. The first-order chi connectivity index (χ1) is 6.81. The van der Waals surface area contributed by atoms with Gasteiger partial charge in [-0.25, -0.2) is 0 Å². The monoisotopic (exact) mass is 232 g/mol. The van der Waals surface area contributed by atoms with Crippen molar-refractivity contribution in [2.45, 2.75) is 6.04 Å². The molecule has 1 fully saturated rings. The molecule has 0 aliphatic carbocycles. The van der Waals surface area contributed by atoms with E-state index in [0.29, 0.717) is 0 Å². The largest absolute Gasteiger partial charge is 0.493 e. The van der Waals surface area contributed by atoms with E-state index in [9.17, 15) is 5.11 Å². The molecule has 2 rings (SSSR count). The van der Waals surface area contributed by atoms with Crippen LogP contribution in [0.15, 0.2) is 5.38 Å². The van der Waals surface area contributed by atoms with E-state index in [2.05, 4.69) is 9.88 Å². The normalized spacial score (nSPS) is 22.6. The van der Waals surface area contributed by atoms with E-state index >= 15 is 0 Å². The molecule has 0 bridgehead atoms. The highest BCUT2D eigenvalue weighted by Gasteiger charge is 2.24. The number of thioether (sulfide) groups is 1. The molecule has 0 amide bonds. The Morgan fingerprint density at radius 2 is 2.50 bits per heavy atom. The topological polar surface area (TPSA) is 56.6 Å². The highest BCUT2D eigenvalue weighted by Crippen LogP contribution is 2.28. The summed E-state index contributed by atoms with van der Waals surface area (Å²) in [6.45, 7) is 1.04. The average molecular weight is 232 g/mol. The van der Waals surface area contributed by atoms with Gasteiger partial charge in [0, 0.05) is 18.1 Å². The zero-order valence-electron chi connectivity index (χ0n) is 7.59. The molecule has 4 nitrogen and oxygen atoms in total. The van der Waals surface area contributed by atoms with Gasteiger partial charge in [-0.1, -0.05) is 0 Å². The molecule has 0 saturated carbocycles. The van der Waals surface area contributed by atoms with E-state index in [4.69, 9.17) is 5.11 Å². The lowest BCUT2D eigenvalue weighted by atomic mass is 10.3. The van der Waals surface area contributed by atoms with Crippen LogP contribution in [0.5, 0.6) is 5.88 Å². The highest BCUT2D eigenvalue weighted by atomic mass is 32.2. The Balaban J connectivity index is 2.14. The van der Waals surface area contributed by atoms with Crippen LogP contribution in [0.2, 0.25) is 0 Å². The zero-order valence-corrected chi connectivity index (χ0v) is 9.22. The predicted molar refractivity (Wildman–Crippen MR) is 59.3 cm³/mol.